The number of aromatic hydroxyl groups is 2. The van der Waals surface area contributed by atoms with Crippen LogP contribution in [0.4, 0.5) is 0 Å². The molecule has 1 rings (SSSR count). The first-order chi connectivity index (χ1) is 11.1. The number of phenols is 2. The summed E-state index contributed by atoms with van der Waals surface area (Å²) in [7, 11) is 0. The standard InChI is InChI=1S/C19H17NO3/c1-5-9-20(10-6-2)14-18(23-11-7-3)16-12-15(8-4)19(22)17(21)13-16/h1-4,12-13,18,21-22H,9-11,14H2. The van der Waals surface area contributed by atoms with Crippen molar-refractivity contribution >= 4 is 0 Å². The lowest BCUT2D eigenvalue weighted by Crippen LogP contribution is -2.30. The van der Waals surface area contributed by atoms with Crippen molar-refractivity contribution in [3.8, 4) is 60.9 Å². The van der Waals surface area contributed by atoms with Crippen molar-refractivity contribution in [1.29, 1.82) is 0 Å². The van der Waals surface area contributed by atoms with Gasteiger partial charge in [-0.15, -0.1) is 25.7 Å². The Balaban J connectivity index is 3.14. The number of benzene rings is 1. The van der Waals surface area contributed by atoms with Crippen molar-refractivity contribution < 1.29 is 14.9 Å². The first-order valence-electron chi connectivity index (χ1n) is 6.74. The van der Waals surface area contributed by atoms with Gasteiger partial charge in [-0.1, -0.05) is 23.7 Å². The molecule has 0 heterocycles. The third-order valence-electron chi connectivity index (χ3n) is 3.06. The van der Waals surface area contributed by atoms with Crippen LogP contribution in [-0.4, -0.2) is 41.4 Å². The van der Waals surface area contributed by atoms with E-state index >= 15 is 0 Å². The van der Waals surface area contributed by atoms with Crippen LogP contribution in [0.15, 0.2) is 12.1 Å². The molecule has 0 spiro atoms. The lowest BCUT2D eigenvalue weighted by Gasteiger charge is -2.25. The van der Waals surface area contributed by atoms with Crippen molar-refractivity contribution in [2.45, 2.75) is 6.10 Å². The van der Waals surface area contributed by atoms with E-state index in [9.17, 15) is 10.2 Å². The van der Waals surface area contributed by atoms with Crippen LogP contribution in [0.1, 0.15) is 17.2 Å². The van der Waals surface area contributed by atoms with Crippen LogP contribution in [-0.2, 0) is 4.74 Å². The number of hydrogen-bond donors (Lipinski definition) is 2. The maximum absolute atomic E-state index is 9.81. The van der Waals surface area contributed by atoms with E-state index in [0.29, 0.717) is 25.2 Å². The number of nitrogens with zero attached hydrogens (tertiary/aromatic N) is 1. The van der Waals surface area contributed by atoms with Crippen LogP contribution in [0.2, 0.25) is 0 Å². The molecule has 2 N–H and O–H groups in total. The first kappa shape index (κ1) is 18.0. The topological polar surface area (TPSA) is 52.9 Å². The van der Waals surface area contributed by atoms with Gasteiger partial charge in [-0.05, 0) is 17.7 Å². The average molecular weight is 307 g/mol. The Morgan fingerprint density at radius 1 is 1.04 bits per heavy atom. The smallest absolute Gasteiger partial charge is 0.173 e. The molecule has 0 amide bonds. The van der Waals surface area contributed by atoms with E-state index in [1.807, 2.05) is 4.90 Å². The summed E-state index contributed by atoms with van der Waals surface area (Å²) in [5.41, 5.74) is 0.734. The quantitative estimate of drug-likeness (QED) is 0.589. The van der Waals surface area contributed by atoms with Gasteiger partial charge in [0.25, 0.3) is 0 Å². The Hall–Kier alpha value is -3.02. The molecule has 0 aromatic heterocycles. The van der Waals surface area contributed by atoms with Crippen LogP contribution in [0, 0.1) is 49.4 Å². The third-order valence-corrected chi connectivity index (χ3v) is 3.06. The normalized spacial score (nSPS) is 11.0. The Bertz CT molecular complexity index is 694. The van der Waals surface area contributed by atoms with Crippen LogP contribution in [0.3, 0.4) is 0 Å². The lowest BCUT2D eigenvalue weighted by molar-refractivity contribution is 0.0510. The molecule has 1 aromatic rings. The molecule has 4 nitrogen and oxygen atoms in total. The van der Waals surface area contributed by atoms with Crippen molar-refractivity contribution in [3.63, 3.8) is 0 Å². The van der Waals surface area contributed by atoms with E-state index in [0.717, 1.165) is 0 Å². The molecule has 0 aliphatic carbocycles. The summed E-state index contributed by atoms with van der Waals surface area (Å²) in [5.74, 6) is 9.06. The molecule has 1 atom stereocenters. The molecular formula is C19H17NO3. The predicted molar refractivity (Wildman–Crippen MR) is 89.3 cm³/mol. The molecule has 0 radical (unpaired) electrons. The molecule has 4 heteroatoms. The second-order valence-corrected chi connectivity index (χ2v) is 4.66. The van der Waals surface area contributed by atoms with Crippen LogP contribution in [0.25, 0.3) is 0 Å². The van der Waals surface area contributed by atoms with Gasteiger partial charge in [0, 0.05) is 6.54 Å². The minimum Gasteiger partial charge on any atom is -0.504 e. The summed E-state index contributed by atoms with van der Waals surface area (Å²) in [6, 6.07) is 2.93. The van der Waals surface area contributed by atoms with Gasteiger partial charge in [-0.3, -0.25) is 4.90 Å². The molecule has 1 aromatic carbocycles. The van der Waals surface area contributed by atoms with Crippen molar-refractivity contribution in [3.05, 3.63) is 23.3 Å². The highest BCUT2D eigenvalue weighted by molar-refractivity contribution is 5.54. The zero-order valence-electron chi connectivity index (χ0n) is 12.6. The summed E-state index contributed by atoms with van der Waals surface area (Å²) in [6.45, 7) is 1.11. The van der Waals surface area contributed by atoms with Gasteiger partial charge < -0.3 is 14.9 Å². The van der Waals surface area contributed by atoms with E-state index in [-0.39, 0.29) is 23.7 Å². The summed E-state index contributed by atoms with van der Waals surface area (Å²) >= 11 is 0. The number of rotatable bonds is 7. The Morgan fingerprint density at radius 3 is 2.22 bits per heavy atom. The Labute approximate surface area is 137 Å². The maximum atomic E-state index is 9.81. The summed E-state index contributed by atoms with van der Waals surface area (Å²) in [6.07, 6.45) is 20.7. The van der Waals surface area contributed by atoms with Crippen LogP contribution < -0.4 is 0 Å². The fourth-order valence-corrected chi connectivity index (χ4v) is 2.02. The Morgan fingerprint density at radius 2 is 1.70 bits per heavy atom. The highest BCUT2D eigenvalue weighted by Gasteiger charge is 2.19. The number of terminal acetylenes is 4. The molecule has 0 saturated heterocycles. The molecule has 23 heavy (non-hydrogen) atoms. The minimum absolute atomic E-state index is 0.0671. The van der Waals surface area contributed by atoms with Crippen molar-refractivity contribution in [2.75, 3.05) is 26.2 Å². The van der Waals surface area contributed by atoms with Gasteiger partial charge in [0.05, 0.1) is 24.8 Å². The zero-order valence-corrected chi connectivity index (χ0v) is 12.6. The maximum Gasteiger partial charge on any atom is 0.173 e. The van der Waals surface area contributed by atoms with Gasteiger partial charge in [-0.2, -0.15) is 0 Å². The largest absolute Gasteiger partial charge is 0.504 e. The van der Waals surface area contributed by atoms with E-state index in [2.05, 4.69) is 23.7 Å². The molecule has 1 unspecified atom stereocenters. The first-order valence-corrected chi connectivity index (χ1v) is 6.74. The van der Waals surface area contributed by atoms with Crippen LogP contribution >= 0.6 is 0 Å². The minimum atomic E-state index is -0.508. The SMILES string of the molecule is C#CCOC(CN(CC#C)CC#C)c1cc(O)c(O)c(C#C)c1. The highest BCUT2D eigenvalue weighted by atomic mass is 16.5. The van der Waals surface area contributed by atoms with Gasteiger partial charge in [0.1, 0.15) is 6.61 Å². The van der Waals surface area contributed by atoms with E-state index < -0.39 is 6.10 Å². The summed E-state index contributed by atoms with van der Waals surface area (Å²) < 4.78 is 5.62. The van der Waals surface area contributed by atoms with Crippen molar-refractivity contribution in [2.24, 2.45) is 0 Å². The summed E-state index contributed by atoms with van der Waals surface area (Å²) in [5, 5.41) is 19.5. The van der Waals surface area contributed by atoms with Gasteiger partial charge in [0.2, 0.25) is 0 Å². The lowest BCUT2D eigenvalue weighted by atomic mass is 10.0. The summed E-state index contributed by atoms with van der Waals surface area (Å²) in [4.78, 5) is 1.82. The second-order valence-electron chi connectivity index (χ2n) is 4.66. The Kier molecular flexibility index (Phi) is 7.13. The van der Waals surface area contributed by atoms with E-state index in [4.69, 9.17) is 30.4 Å². The molecule has 0 saturated carbocycles. The second kappa shape index (κ2) is 9.09. The van der Waals surface area contributed by atoms with Crippen molar-refractivity contribution in [1.82, 2.24) is 4.90 Å². The van der Waals surface area contributed by atoms with Crippen LogP contribution in [0.5, 0.6) is 11.5 Å². The number of hydrogen-bond acceptors (Lipinski definition) is 4. The predicted octanol–water partition coefficient (Wildman–Crippen LogP) is 1.34. The average Bonchev–Trinajstić information content (AvgIpc) is 2.54. The van der Waals surface area contributed by atoms with Gasteiger partial charge in [-0.25, -0.2) is 0 Å². The third kappa shape index (κ3) is 5.03. The van der Waals surface area contributed by atoms with E-state index in [1.54, 1.807) is 6.07 Å². The number of phenolic OH excluding ortho intramolecular Hbond substituents is 2. The molecule has 0 fully saturated rings. The van der Waals surface area contributed by atoms with Gasteiger partial charge in [0.15, 0.2) is 11.5 Å². The van der Waals surface area contributed by atoms with E-state index in [1.165, 1.54) is 6.07 Å². The monoisotopic (exact) mass is 307 g/mol. The fraction of sp³-hybridized carbons (Fsp3) is 0.263. The molecule has 0 aliphatic heterocycles. The number of ether oxygens (including phenoxy) is 1. The highest BCUT2D eigenvalue weighted by Crippen LogP contribution is 2.33. The van der Waals surface area contributed by atoms with Gasteiger partial charge >= 0.3 is 0 Å². The molecule has 0 aliphatic rings. The molecule has 0 bridgehead atoms. The molecule has 116 valence electrons. The fourth-order valence-electron chi connectivity index (χ4n) is 2.02. The molecular weight excluding hydrogens is 290 g/mol. The zero-order chi connectivity index (χ0) is 17.2.